The molecule has 2 aromatic rings. The number of rotatable bonds is 7. The van der Waals surface area contributed by atoms with Crippen LogP contribution in [0.3, 0.4) is 0 Å². The summed E-state index contributed by atoms with van der Waals surface area (Å²) in [5, 5.41) is 17.0. The van der Waals surface area contributed by atoms with E-state index in [2.05, 4.69) is 26.2 Å². The van der Waals surface area contributed by atoms with Gasteiger partial charge in [0.25, 0.3) is 0 Å². The fraction of sp³-hybridized carbons (Fsp3) is 0.429. The van der Waals surface area contributed by atoms with E-state index in [0.717, 1.165) is 33.6 Å². The van der Waals surface area contributed by atoms with Crippen LogP contribution >= 0.6 is 15.9 Å². The molecule has 0 aliphatic heterocycles. The smallest absolute Gasteiger partial charge is 0.133 e. The number of methoxy groups -OCH3 is 2. The standard InChI is InChI=1S/C14H18BrN3O3/c1-20-13-7-12(15)14(21-2)6-10(13)8-18-9-11(16-17-18)4-3-5-19/h6-7,9,19H,3-5,8H2,1-2H3. The second kappa shape index (κ2) is 7.42. The normalized spacial score (nSPS) is 10.7. The third-order valence-corrected chi connectivity index (χ3v) is 3.68. The Labute approximate surface area is 131 Å². The van der Waals surface area contributed by atoms with Gasteiger partial charge in [-0.05, 0) is 40.9 Å². The number of benzene rings is 1. The van der Waals surface area contributed by atoms with Crippen molar-refractivity contribution in [3.8, 4) is 11.5 Å². The quantitative estimate of drug-likeness (QED) is 0.822. The summed E-state index contributed by atoms with van der Waals surface area (Å²) < 4.78 is 13.3. The molecule has 0 saturated carbocycles. The molecule has 2 rings (SSSR count). The van der Waals surface area contributed by atoms with E-state index in [4.69, 9.17) is 14.6 Å². The van der Waals surface area contributed by atoms with Crippen LogP contribution in [0.4, 0.5) is 0 Å². The number of hydrogen-bond acceptors (Lipinski definition) is 5. The molecule has 0 aliphatic rings. The number of nitrogens with zero attached hydrogens (tertiary/aromatic N) is 3. The average Bonchev–Trinajstić information content (AvgIpc) is 2.94. The Hall–Kier alpha value is -1.60. The molecule has 6 nitrogen and oxygen atoms in total. The second-order valence-corrected chi connectivity index (χ2v) is 5.39. The molecule has 0 aliphatic carbocycles. The molecular formula is C14H18BrN3O3. The van der Waals surface area contributed by atoms with E-state index in [1.165, 1.54) is 0 Å². The average molecular weight is 356 g/mol. The van der Waals surface area contributed by atoms with Gasteiger partial charge in [-0.25, -0.2) is 4.68 Å². The van der Waals surface area contributed by atoms with E-state index in [-0.39, 0.29) is 6.61 Å². The molecular weight excluding hydrogens is 338 g/mol. The van der Waals surface area contributed by atoms with E-state index in [1.54, 1.807) is 18.9 Å². The lowest BCUT2D eigenvalue weighted by Gasteiger charge is -2.12. The molecule has 1 N–H and O–H groups in total. The topological polar surface area (TPSA) is 69.4 Å². The summed E-state index contributed by atoms with van der Waals surface area (Å²) >= 11 is 3.44. The van der Waals surface area contributed by atoms with Crippen molar-refractivity contribution in [3.05, 3.63) is 34.1 Å². The van der Waals surface area contributed by atoms with Crippen LogP contribution in [0, 0.1) is 0 Å². The molecule has 21 heavy (non-hydrogen) atoms. The van der Waals surface area contributed by atoms with E-state index in [0.29, 0.717) is 13.0 Å². The minimum Gasteiger partial charge on any atom is -0.496 e. The Morgan fingerprint density at radius 1 is 1.24 bits per heavy atom. The minimum absolute atomic E-state index is 0.157. The Kier molecular flexibility index (Phi) is 5.58. The zero-order chi connectivity index (χ0) is 15.2. The van der Waals surface area contributed by atoms with Gasteiger partial charge in [0.2, 0.25) is 0 Å². The number of aliphatic hydroxyl groups is 1. The van der Waals surface area contributed by atoms with E-state index >= 15 is 0 Å². The summed E-state index contributed by atoms with van der Waals surface area (Å²) in [5.74, 6) is 1.50. The lowest BCUT2D eigenvalue weighted by Crippen LogP contribution is -2.03. The Morgan fingerprint density at radius 3 is 2.67 bits per heavy atom. The maximum atomic E-state index is 8.83. The Morgan fingerprint density at radius 2 is 2.00 bits per heavy atom. The monoisotopic (exact) mass is 355 g/mol. The van der Waals surface area contributed by atoms with Crippen molar-refractivity contribution in [2.45, 2.75) is 19.4 Å². The fourth-order valence-corrected chi connectivity index (χ4v) is 2.50. The van der Waals surface area contributed by atoms with Crippen molar-refractivity contribution in [1.29, 1.82) is 0 Å². The third kappa shape index (κ3) is 3.95. The van der Waals surface area contributed by atoms with E-state index in [9.17, 15) is 0 Å². The van der Waals surface area contributed by atoms with Crippen LogP contribution in [0.25, 0.3) is 0 Å². The maximum absolute atomic E-state index is 8.83. The highest BCUT2D eigenvalue weighted by atomic mass is 79.9. The molecule has 0 atom stereocenters. The molecule has 0 radical (unpaired) electrons. The number of aliphatic hydroxyl groups excluding tert-OH is 1. The van der Waals surface area contributed by atoms with Gasteiger partial charge >= 0.3 is 0 Å². The molecule has 1 aromatic carbocycles. The summed E-state index contributed by atoms with van der Waals surface area (Å²) in [6, 6.07) is 3.79. The molecule has 0 saturated heterocycles. The summed E-state index contributed by atoms with van der Waals surface area (Å²) in [5.41, 5.74) is 1.82. The molecule has 0 unspecified atom stereocenters. The fourth-order valence-electron chi connectivity index (χ4n) is 2.01. The van der Waals surface area contributed by atoms with Crippen molar-refractivity contribution in [2.24, 2.45) is 0 Å². The first kappa shape index (κ1) is 15.8. The Bertz CT molecular complexity index is 601. The zero-order valence-corrected chi connectivity index (χ0v) is 13.6. The maximum Gasteiger partial charge on any atom is 0.133 e. The number of hydrogen-bond donors (Lipinski definition) is 1. The van der Waals surface area contributed by atoms with Crippen LogP contribution in [-0.2, 0) is 13.0 Å². The molecule has 0 spiro atoms. The van der Waals surface area contributed by atoms with Gasteiger partial charge in [-0.1, -0.05) is 5.21 Å². The number of ether oxygens (including phenoxy) is 2. The third-order valence-electron chi connectivity index (χ3n) is 3.06. The summed E-state index contributed by atoms with van der Waals surface area (Å²) in [4.78, 5) is 0. The Balaban J connectivity index is 2.19. The minimum atomic E-state index is 0.157. The zero-order valence-electron chi connectivity index (χ0n) is 12.0. The van der Waals surface area contributed by atoms with E-state index < -0.39 is 0 Å². The SMILES string of the molecule is COc1cc(Cn2cc(CCCO)nn2)c(OC)cc1Br. The second-order valence-electron chi connectivity index (χ2n) is 4.53. The first-order valence-electron chi connectivity index (χ1n) is 6.58. The van der Waals surface area contributed by atoms with Gasteiger partial charge < -0.3 is 14.6 Å². The number of aryl methyl sites for hydroxylation is 1. The first-order chi connectivity index (χ1) is 10.2. The molecule has 7 heteroatoms. The number of halogens is 1. The first-order valence-corrected chi connectivity index (χ1v) is 7.37. The van der Waals surface area contributed by atoms with Crippen LogP contribution in [0.1, 0.15) is 17.7 Å². The molecule has 114 valence electrons. The van der Waals surface area contributed by atoms with Gasteiger partial charge in [0.15, 0.2) is 0 Å². The summed E-state index contributed by atoms with van der Waals surface area (Å²) in [7, 11) is 3.25. The molecule has 0 bridgehead atoms. The summed E-state index contributed by atoms with van der Waals surface area (Å²) in [6.45, 7) is 0.698. The van der Waals surface area contributed by atoms with Crippen LogP contribution in [0.15, 0.2) is 22.8 Å². The van der Waals surface area contributed by atoms with Crippen molar-refractivity contribution >= 4 is 15.9 Å². The number of aromatic nitrogens is 3. The molecule has 1 aromatic heterocycles. The highest BCUT2D eigenvalue weighted by Gasteiger charge is 2.11. The molecule has 1 heterocycles. The molecule has 0 amide bonds. The van der Waals surface area contributed by atoms with Crippen molar-refractivity contribution < 1.29 is 14.6 Å². The highest BCUT2D eigenvalue weighted by Crippen LogP contribution is 2.33. The van der Waals surface area contributed by atoms with Gasteiger partial charge in [0.1, 0.15) is 11.5 Å². The van der Waals surface area contributed by atoms with Crippen molar-refractivity contribution in [3.63, 3.8) is 0 Å². The van der Waals surface area contributed by atoms with Crippen molar-refractivity contribution in [2.75, 3.05) is 20.8 Å². The van der Waals surface area contributed by atoms with Crippen molar-refractivity contribution in [1.82, 2.24) is 15.0 Å². The van der Waals surface area contributed by atoms with Crippen LogP contribution < -0.4 is 9.47 Å². The van der Waals surface area contributed by atoms with Crippen LogP contribution in [0.2, 0.25) is 0 Å². The lowest BCUT2D eigenvalue weighted by atomic mass is 10.2. The van der Waals surface area contributed by atoms with Gasteiger partial charge in [0, 0.05) is 18.4 Å². The van der Waals surface area contributed by atoms with Crippen LogP contribution in [0.5, 0.6) is 11.5 Å². The summed E-state index contributed by atoms with van der Waals surface area (Å²) in [6.07, 6.45) is 3.29. The predicted octanol–water partition coefficient (Wildman–Crippen LogP) is 2.03. The predicted molar refractivity (Wildman–Crippen MR) is 81.8 cm³/mol. The largest absolute Gasteiger partial charge is 0.496 e. The molecule has 0 fully saturated rings. The highest BCUT2D eigenvalue weighted by molar-refractivity contribution is 9.10. The van der Waals surface area contributed by atoms with Crippen LogP contribution in [-0.4, -0.2) is 40.9 Å². The van der Waals surface area contributed by atoms with Gasteiger partial charge in [-0.3, -0.25) is 0 Å². The van der Waals surface area contributed by atoms with Gasteiger partial charge in [-0.15, -0.1) is 5.10 Å². The van der Waals surface area contributed by atoms with Gasteiger partial charge in [-0.2, -0.15) is 0 Å². The lowest BCUT2D eigenvalue weighted by molar-refractivity contribution is 0.288. The van der Waals surface area contributed by atoms with E-state index in [1.807, 2.05) is 18.3 Å². The van der Waals surface area contributed by atoms with Gasteiger partial charge in [0.05, 0.1) is 30.9 Å².